The molecule has 0 aliphatic heterocycles. The molecular formula is C23H19N3O5. The summed E-state index contributed by atoms with van der Waals surface area (Å²) in [5.41, 5.74) is 6.90. The third-order valence-corrected chi connectivity index (χ3v) is 4.19. The molecule has 0 spiro atoms. The largest absolute Gasteiger partial charge is 0.483 e. The first-order chi connectivity index (χ1) is 15.0. The summed E-state index contributed by atoms with van der Waals surface area (Å²) in [4.78, 5) is 34.0. The van der Waals surface area contributed by atoms with E-state index in [0.717, 1.165) is 11.1 Å². The van der Waals surface area contributed by atoms with Gasteiger partial charge in [-0.3, -0.25) is 30.6 Å². The van der Waals surface area contributed by atoms with Gasteiger partial charge in [-0.1, -0.05) is 48.5 Å². The van der Waals surface area contributed by atoms with E-state index in [-0.39, 0.29) is 12.3 Å². The number of nitrogens with one attached hydrogen (secondary N) is 2. The van der Waals surface area contributed by atoms with Crippen LogP contribution in [0.5, 0.6) is 5.75 Å². The molecule has 3 aromatic rings. The van der Waals surface area contributed by atoms with Crippen molar-refractivity contribution in [3.8, 4) is 16.9 Å². The summed E-state index contributed by atoms with van der Waals surface area (Å²) in [6.07, 6.45) is 2.67. The predicted molar refractivity (Wildman–Crippen MR) is 116 cm³/mol. The number of ether oxygens (including phenoxy) is 1. The van der Waals surface area contributed by atoms with E-state index in [0.29, 0.717) is 11.3 Å². The molecule has 0 aromatic heterocycles. The van der Waals surface area contributed by atoms with Crippen molar-refractivity contribution in [2.24, 2.45) is 0 Å². The number of nitro benzene ring substituents is 1. The van der Waals surface area contributed by atoms with E-state index in [2.05, 4.69) is 10.9 Å². The zero-order valence-electron chi connectivity index (χ0n) is 16.4. The minimum absolute atomic E-state index is 0.0392. The summed E-state index contributed by atoms with van der Waals surface area (Å²) in [5.74, 6) is -0.537. The van der Waals surface area contributed by atoms with Gasteiger partial charge in [0.2, 0.25) is 0 Å². The number of hydrazine groups is 1. The molecule has 0 fully saturated rings. The van der Waals surface area contributed by atoms with Crippen LogP contribution < -0.4 is 15.6 Å². The van der Waals surface area contributed by atoms with Gasteiger partial charge in [0.05, 0.1) is 4.92 Å². The van der Waals surface area contributed by atoms with Crippen molar-refractivity contribution in [2.45, 2.75) is 0 Å². The summed E-state index contributed by atoms with van der Waals surface area (Å²) in [5, 5.41) is 10.6. The smallest absolute Gasteiger partial charge is 0.276 e. The Labute approximate surface area is 178 Å². The van der Waals surface area contributed by atoms with Gasteiger partial charge in [-0.2, -0.15) is 0 Å². The lowest BCUT2D eigenvalue weighted by Gasteiger charge is -2.12. The van der Waals surface area contributed by atoms with Crippen molar-refractivity contribution in [3.63, 3.8) is 0 Å². The summed E-state index contributed by atoms with van der Waals surface area (Å²) >= 11 is 0. The van der Waals surface area contributed by atoms with Crippen LogP contribution in [0.2, 0.25) is 0 Å². The van der Waals surface area contributed by atoms with E-state index in [1.165, 1.54) is 36.4 Å². The highest BCUT2D eigenvalue weighted by molar-refractivity contribution is 5.93. The number of benzene rings is 3. The second-order valence-electron chi connectivity index (χ2n) is 6.37. The monoisotopic (exact) mass is 417 g/mol. The molecule has 31 heavy (non-hydrogen) atoms. The molecule has 2 amide bonds. The molecule has 8 heteroatoms. The second-order valence-corrected chi connectivity index (χ2v) is 6.37. The Hall–Kier alpha value is -4.46. The number of carbonyl (C=O) groups excluding carboxylic acids is 2. The second kappa shape index (κ2) is 10.4. The highest BCUT2D eigenvalue weighted by Gasteiger charge is 2.09. The fourth-order valence-corrected chi connectivity index (χ4v) is 2.68. The molecule has 0 atom stereocenters. The zero-order valence-corrected chi connectivity index (χ0v) is 16.4. The topological polar surface area (TPSA) is 111 Å². The number of carbonyl (C=O) groups is 2. The van der Waals surface area contributed by atoms with E-state index in [1.807, 2.05) is 48.5 Å². The minimum Gasteiger partial charge on any atom is -0.483 e. The maximum absolute atomic E-state index is 12.0. The summed E-state index contributed by atoms with van der Waals surface area (Å²) in [7, 11) is 0. The van der Waals surface area contributed by atoms with Gasteiger partial charge in [0.15, 0.2) is 6.61 Å². The van der Waals surface area contributed by atoms with Crippen LogP contribution >= 0.6 is 0 Å². The molecule has 2 N–H and O–H groups in total. The van der Waals surface area contributed by atoms with Crippen LogP contribution in [0.15, 0.2) is 84.9 Å². The Balaban J connectivity index is 1.48. The maximum atomic E-state index is 12.0. The number of hydrogen-bond donors (Lipinski definition) is 2. The van der Waals surface area contributed by atoms with Gasteiger partial charge in [-0.25, -0.2) is 0 Å². The minimum atomic E-state index is -0.559. The van der Waals surface area contributed by atoms with E-state index < -0.39 is 16.7 Å². The maximum Gasteiger partial charge on any atom is 0.276 e. The van der Waals surface area contributed by atoms with Crippen LogP contribution in [0, 0.1) is 10.1 Å². The number of amides is 2. The number of hydrogen-bond acceptors (Lipinski definition) is 5. The fourth-order valence-electron chi connectivity index (χ4n) is 2.68. The number of nitro groups is 1. The van der Waals surface area contributed by atoms with Crippen LogP contribution in [0.3, 0.4) is 0 Å². The lowest BCUT2D eigenvalue weighted by atomic mass is 10.1. The first-order valence-corrected chi connectivity index (χ1v) is 9.31. The highest BCUT2D eigenvalue weighted by Crippen LogP contribution is 2.29. The van der Waals surface area contributed by atoms with Crippen LogP contribution in [0.25, 0.3) is 17.2 Å². The van der Waals surface area contributed by atoms with Crippen LogP contribution in [0.4, 0.5) is 5.69 Å². The molecule has 8 nitrogen and oxygen atoms in total. The third-order valence-electron chi connectivity index (χ3n) is 4.19. The molecule has 3 rings (SSSR count). The lowest BCUT2D eigenvalue weighted by molar-refractivity contribution is -0.384. The Kier molecular flexibility index (Phi) is 7.10. The molecule has 0 saturated heterocycles. The van der Waals surface area contributed by atoms with Crippen molar-refractivity contribution < 1.29 is 19.2 Å². The first-order valence-electron chi connectivity index (χ1n) is 9.31. The number of nitrogens with zero attached hydrogens (tertiary/aromatic N) is 1. The van der Waals surface area contributed by atoms with Crippen molar-refractivity contribution >= 4 is 23.6 Å². The van der Waals surface area contributed by atoms with Crippen molar-refractivity contribution in [2.75, 3.05) is 6.61 Å². The summed E-state index contributed by atoms with van der Waals surface area (Å²) < 4.78 is 5.61. The zero-order chi connectivity index (χ0) is 22.1. The van der Waals surface area contributed by atoms with Gasteiger partial charge in [0, 0.05) is 23.8 Å². The molecule has 0 unspecified atom stereocenters. The lowest BCUT2D eigenvalue weighted by Crippen LogP contribution is -2.43. The van der Waals surface area contributed by atoms with E-state index in [1.54, 1.807) is 6.07 Å². The number of non-ortho nitro benzene ring substituents is 1. The van der Waals surface area contributed by atoms with E-state index in [9.17, 15) is 19.7 Å². The van der Waals surface area contributed by atoms with Crippen LogP contribution in [-0.2, 0) is 9.59 Å². The van der Waals surface area contributed by atoms with Gasteiger partial charge in [-0.15, -0.1) is 0 Å². The molecule has 0 bridgehead atoms. The SMILES string of the molecule is O=C(/C=C/c1ccc([N+](=O)[O-])cc1)NNC(=O)COc1ccccc1-c1ccccc1. The molecule has 0 aliphatic carbocycles. The van der Waals surface area contributed by atoms with Gasteiger partial charge in [0.1, 0.15) is 5.75 Å². The van der Waals surface area contributed by atoms with Crippen LogP contribution in [0.1, 0.15) is 5.56 Å². The average molecular weight is 417 g/mol. The number of rotatable bonds is 7. The Morgan fingerprint density at radius 3 is 2.29 bits per heavy atom. The van der Waals surface area contributed by atoms with Crippen LogP contribution in [-0.4, -0.2) is 23.3 Å². The molecular weight excluding hydrogens is 398 g/mol. The molecule has 0 saturated carbocycles. The molecule has 3 aromatic carbocycles. The van der Waals surface area contributed by atoms with Gasteiger partial charge < -0.3 is 4.74 Å². The Morgan fingerprint density at radius 2 is 1.58 bits per heavy atom. The quantitative estimate of drug-likeness (QED) is 0.347. The molecule has 0 heterocycles. The van der Waals surface area contributed by atoms with E-state index in [4.69, 9.17) is 4.74 Å². The van der Waals surface area contributed by atoms with Crippen molar-refractivity contribution in [3.05, 3.63) is 101 Å². The Bertz CT molecular complexity index is 1100. The average Bonchev–Trinajstić information content (AvgIpc) is 2.81. The normalized spacial score (nSPS) is 10.5. The predicted octanol–water partition coefficient (Wildman–Crippen LogP) is 3.50. The summed E-state index contributed by atoms with van der Waals surface area (Å²) in [6.45, 7) is -0.282. The van der Waals surface area contributed by atoms with Gasteiger partial charge >= 0.3 is 0 Å². The molecule has 0 aliphatic rings. The van der Waals surface area contributed by atoms with Gasteiger partial charge in [-0.05, 0) is 35.4 Å². The summed E-state index contributed by atoms with van der Waals surface area (Å²) in [6, 6.07) is 22.7. The van der Waals surface area contributed by atoms with Crippen molar-refractivity contribution in [1.82, 2.24) is 10.9 Å². The van der Waals surface area contributed by atoms with E-state index >= 15 is 0 Å². The molecule has 156 valence electrons. The molecule has 0 radical (unpaired) electrons. The number of para-hydroxylation sites is 1. The van der Waals surface area contributed by atoms with Crippen molar-refractivity contribution in [1.29, 1.82) is 0 Å². The Morgan fingerprint density at radius 1 is 0.903 bits per heavy atom. The third kappa shape index (κ3) is 6.26. The standard InChI is InChI=1S/C23H19N3O5/c27-22(15-12-17-10-13-19(14-11-17)26(29)30)24-25-23(28)16-31-21-9-5-4-8-20(21)18-6-2-1-3-7-18/h1-15H,16H2,(H,24,27)(H,25,28)/b15-12+. The first kappa shape index (κ1) is 21.3. The fraction of sp³-hybridized carbons (Fsp3) is 0.0435. The van der Waals surface area contributed by atoms with Gasteiger partial charge in [0.25, 0.3) is 17.5 Å². The highest BCUT2D eigenvalue weighted by atomic mass is 16.6.